The Morgan fingerprint density at radius 2 is 2.07 bits per heavy atom. The van der Waals surface area contributed by atoms with E-state index in [1.54, 1.807) is 13.4 Å². The van der Waals surface area contributed by atoms with Gasteiger partial charge < -0.3 is 10.5 Å². The van der Waals surface area contributed by atoms with Crippen LogP contribution in [0.3, 0.4) is 0 Å². The minimum absolute atomic E-state index is 0.213. The smallest absolute Gasteiger partial charge is 0.116 e. The molecule has 1 atom stereocenters. The van der Waals surface area contributed by atoms with Crippen LogP contribution in [0.15, 0.2) is 6.33 Å². The number of hydrogen-bond donors (Lipinski definition) is 1. The minimum Gasteiger partial charge on any atom is -0.378 e. The molecule has 15 heavy (non-hydrogen) atoms. The molecule has 1 aromatic rings. The first-order valence-corrected chi connectivity index (χ1v) is 5.19. The van der Waals surface area contributed by atoms with Crippen LogP contribution in [0.1, 0.15) is 30.3 Å². The van der Waals surface area contributed by atoms with Crippen LogP contribution in [0.25, 0.3) is 0 Å². The Hall–Kier alpha value is -1.00. The molecule has 0 amide bonds. The van der Waals surface area contributed by atoms with E-state index in [1.807, 2.05) is 13.8 Å². The molecular weight excluding hydrogens is 190 g/mol. The molecule has 0 spiro atoms. The summed E-state index contributed by atoms with van der Waals surface area (Å²) < 4.78 is 5.07. The summed E-state index contributed by atoms with van der Waals surface area (Å²) in [7, 11) is 1.67. The predicted octanol–water partition coefficient (Wildman–Crippen LogP) is 1.21. The van der Waals surface area contributed by atoms with Gasteiger partial charge in [-0.3, -0.25) is 0 Å². The molecule has 1 aromatic heterocycles. The van der Waals surface area contributed by atoms with Gasteiger partial charge in [-0.25, -0.2) is 9.97 Å². The second-order valence-corrected chi connectivity index (χ2v) is 3.84. The Labute approximate surface area is 90.9 Å². The maximum atomic E-state index is 5.72. The average Bonchev–Trinajstić information content (AvgIpc) is 2.19. The van der Waals surface area contributed by atoms with Gasteiger partial charge in [-0.1, -0.05) is 0 Å². The largest absolute Gasteiger partial charge is 0.378 e. The van der Waals surface area contributed by atoms with E-state index < -0.39 is 0 Å². The van der Waals surface area contributed by atoms with E-state index in [2.05, 4.69) is 9.97 Å². The number of methoxy groups -OCH3 is 1. The van der Waals surface area contributed by atoms with Crippen LogP contribution in [-0.4, -0.2) is 23.1 Å². The molecular formula is C11H19N3O. The fraction of sp³-hybridized carbons (Fsp3) is 0.636. The summed E-state index contributed by atoms with van der Waals surface area (Å²) in [5, 5.41) is 0. The van der Waals surface area contributed by atoms with Gasteiger partial charge in [0.1, 0.15) is 6.33 Å². The van der Waals surface area contributed by atoms with Gasteiger partial charge in [-0.15, -0.1) is 0 Å². The van der Waals surface area contributed by atoms with Gasteiger partial charge in [0.15, 0.2) is 0 Å². The monoisotopic (exact) mass is 209 g/mol. The molecule has 0 aliphatic rings. The molecule has 0 bridgehead atoms. The highest BCUT2D eigenvalue weighted by molar-refractivity contribution is 5.22. The van der Waals surface area contributed by atoms with E-state index >= 15 is 0 Å². The van der Waals surface area contributed by atoms with Crippen molar-refractivity contribution >= 4 is 0 Å². The van der Waals surface area contributed by atoms with E-state index in [-0.39, 0.29) is 6.04 Å². The quantitative estimate of drug-likeness (QED) is 0.792. The topological polar surface area (TPSA) is 61.0 Å². The molecule has 0 saturated heterocycles. The highest BCUT2D eigenvalue weighted by Crippen LogP contribution is 2.11. The lowest BCUT2D eigenvalue weighted by Crippen LogP contribution is -2.16. The van der Waals surface area contributed by atoms with Gasteiger partial charge in [0.05, 0.1) is 12.3 Å². The van der Waals surface area contributed by atoms with Crippen LogP contribution >= 0.6 is 0 Å². The molecule has 0 aromatic carbocycles. The molecule has 0 saturated carbocycles. The molecule has 1 unspecified atom stereocenters. The first-order valence-electron chi connectivity index (χ1n) is 5.19. The van der Waals surface area contributed by atoms with Gasteiger partial charge in [-0.05, 0) is 32.3 Å². The van der Waals surface area contributed by atoms with Crippen molar-refractivity contribution in [3.63, 3.8) is 0 Å². The number of hydrogen-bond acceptors (Lipinski definition) is 4. The van der Waals surface area contributed by atoms with E-state index in [0.29, 0.717) is 6.61 Å². The third-order valence-corrected chi connectivity index (χ3v) is 2.41. The summed E-state index contributed by atoms with van der Waals surface area (Å²) >= 11 is 0. The Bertz CT molecular complexity index is 313. The maximum Gasteiger partial charge on any atom is 0.116 e. The molecule has 4 heteroatoms. The molecule has 4 nitrogen and oxygen atoms in total. The highest BCUT2D eigenvalue weighted by Gasteiger charge is 2.07. The van der Waals surface area contributed by atoms with E-state index in [0.717, 1.165) is 29.8 Å². The number of nitrogens with two attached hydrogens (primary N) is 1. The molecule has 1 rings (SSSR count). The predicted molar refractivity (Wildman–Crippen MR) is 59.5 cm³/mol. The molecule has 84 valence electrons. The first-order chi connectivity index (χ1) is 7.15. The summed E-state index contributed by atoms with van der Waals surface area (Å²) in [6, 6.07) is 0.213. The number of aryl methyl sites for hydroxylation is 1. The second kappa shape index (κ2) is 5.78. The lowest BCUT2D eigenvalue weighted by molar-refractivity contribution is 0.180. The van der Waals surface area contributed by atoms with E-state index in [1.165, 1.54) is 0 Å². The number of ether oxygens (including phenoxy) is 1. The van der Waals surface area contributed by atoms with Crippen LogP contribution in [0.5, 0.6) is 0 Å². The summed E-state index contributed by atoms with van der Waals surface area (Å²) in [4.78, 5) is 8.46. The Morgan fingerprint density at radius 1 is 1.40 bits per heavy atom. The van der Waals surface area contributed by atoms with Crippen LogP contribution in [0, 0.1) is 6.92 Å². The van der Waals surface area contributed by atoms with Crippen LogP contribution in [0.4, 0.5) is 0 Å². The Kier molecular flexibility index (Phi) is 4.65. The summed E-state index contributed by atoms with van der Waals surface area (Å²) in [5.74, 6) is 0. The average molecular weight is 209 g/mol. The molecule has 0 radical (unpaired) electrons. The van der Waals surface area contributed by atoms with Gasteiger partial charge in [0.25, 0.3) is 0 Å². The lowest BCUT2D eigenvalue weighted by Gasteiger charge is -2.09. The summed E-state index contributed by atoms with van der Waals surface area (Å²) in [5.41, 5.74) is 8.89. The van der Waals surface area contributed by atoms with E-state index in [4.69, 9.17) is 10.5 Å². The Morgan fingerprint density at radius 3 is 2.67 bits per heavy atom. The number of rotatable bonds is 5. The lowest BCUT2D eigenvalue weighted by atomic mass is 10.1. The van der Waals surface area contributed by atoms with Crippen LogP contribution < -0.4 is 5.73 Å². The summed E-state index contributed by atoms with van der Waals surface area (Å²) in [6.07, 6.45) is 3.45. The maximum absolute atomic E-state index is 5.72. The van der Waals surface area contributed by atoms with E-state index in [9.17, 15) is 0 Å². The second-order valence-electron chi connectivity index (χ2n) is 3.84. The zero-order valence-corrected chi connectivity index (χ0v) is 9.66. The van der Waals surface area contributed by atoms with Gasteiger partial charge in [0, 0.05) is 18.8 Å². The number of nitrogens with zero attached hydrogens (tertiary/aromatic N) is 2. The fourth-order valence-electron chi connectivity index (χ4n) is 1.43. The van der Waals surface area contributed by atoms with Crippen molar-refractivity contribution in [2.75, 3.05) is 7.11 Å². The molecule has 2 N–H and O–H groups in total. The summed E-state index contributed by atoms with van der Waals surface area (Å²) in [6.45, 7) is 4.58. The van der Waals surface area contributed by atoms with Crippen molar-refractivity contribution in [1.29, 1.82) is 0 Å². The van der Waals surface area contributed by atoms with Gasteiger partial charge in [-0.2, -0.15) is 0 Å². The van der Waals surface area contributed by atoms with Crippen molar-refractivity contribution in [2.45, 2.75) is 39.3 Å². The third-order valence-electron chi connectivity index (χ3n) is 2.41. The number of aromatic nitrogens is 2. The SMILES string of the molecule is COCc1ncnc(CCC(C)N)c1C. The zero-order valence-electron chi connectivity index (χ0n) is 9.66. The molecule has 1 heterocycles. The molecule has 0 fully saturated rings. The first kappa shape index (κ1) is 12.1. The van der Waals surface area contributed by atoms with Crippen molar-refractivity contribution in [1.82, 2.24) is 9.97 Å². The van der Waals surface area contributed by atoms with Crippen molar-refractivity contribution in [3.05, 3.63) is 23.3 Å². The van der Waals surface area contributed by atoms with Gasteiger partial charge >= 0.3 is 0 Å². The Balaban J connectivity index is 2.75. The van der Waals surface area contributed by atoms with Crippen molar-refractivity contribution in [2.24, 2.45) is 5.73 Å². The molecule has 0 aliphatic heterocycles. The molecule has 0 aliphatic carbocycles. The van der Waals surface area contributed by atoms with Crippen molar-refractivity contribution < 1.29 is 4.74 Å². The standard InChI is InChI=1S/C11H19N3O/c1-8(12)4-5-10-9(2)11(6-15-3)14-7-13-10/h7-8H,4-6,12H2,1-3H3. The van der Waals surface area contributed by atoms with Crippen LogP contribution in [-0.2, 0) is 17.8 Å². The zero-order chi connectivity index (χ0) is 11.3. The van der Waals surface area contributed by atoms with Crippen LogP contribution in [0.2, 0.25) is 0 Å². The van der Waals surface area contributed by atoms with Gasteiger partial charge in [0.2, 0.25) is 0 Å². The minimum atomic E-state index is 0.213. The highest BCUT2D eigenvalue weighted by atomic mass is 16.5. The fourth-order valence-corrected chi connectivity index (χ4v) is 1.43. The van der Waals surface area contributed by atoms with Crippen molar-refractivity contribution in [3.8, 4) is 0 Å². The third kappa shape index (κ3) is 3.57. The normalized spacial score (nSPS) is 12.8.